The van der Waals surface area contributed by atoms with Crippen molar-refractivity contribution >= 4 is 22.2 Å². The van der Waals surface area contributed by atoms with Crippen molar-refractivity contribution in [2.45, 2.75) is 11.0 Å². The average Bonchev–Trinajstić information content (AvgIpc) is 2.26. The maximum absolute atomic E-state index is 11.6. The topological polar surface area (TPSA) is 101 Å². The quantitative estimate of drug-likeness (QED) is 0.698. The van der Waals surface area contributed by atoms with E-state index in [4.69, 9.17) is 10.8 Å². The zero-order valence-corrected chi connectivity index (χ0v) is 10.9. The minimum absolute atomic E-state index is 0. The van der Waals surface area contributed by atoms with Crippen LogP contribution >= 0.6 is 12.4 Å². The van der Waals surface area contributed by atoms with Gasteiger partial charge in [-0.05, 0) is 0 Å². The molecule has 0 aromatic heterocycles. The molecule has 0 saturated heterocycles. The summed E-state index contributed by atoms with van der Waals surface area (Å²) in [6.07, 6.45) is 0.884. The fraction of sp³-hybridized carbons (Fsp3) is 0.400. The van der Waals surface area contributed by atoms with E-state index in [0.29, 0.717) is 0 Å². The molecule has 2 unspecified atom stereocenters. The predicted octanol–water partition coefficient (Wildman–Crippen LogP) is -0.382. The van der Waals surface area contributed by atoms with Gasteiger partial charge in [0.1, 0.15) is 0 Å². The van der Waals surface area contributed by atoms with E-state index in [1.807, 2.05) is 0 Å². The van der Waals surface area contributed by atoms with Crippen molar-refractivity contribution in [3.63, 3.8) is 0 Å². The third-order valence-electron chi connectivity index (χ3n) is 2.45. The number of hydrogen-bond acceptors (Lipinski definition) is 5. The minimum Gasteiger partial charge on any atom is -0.395 e. The standard InChI is InChI=1S/C10H15NO4S.ClH/c1-16(14,15)10(13,9(11)7-12)8-5-3-2-4-6-8;/h2-6,9,12-13H,7,11H2,1H3;1H. The lowest BCUT2D eigenvalue weighted by molar-refractivity contribution is 0.0669. The van der Waals surface area contributed by atoms with Gasteiger partial charge in [0.05, 0.1) is 12.6 Å². The van der Waals surface area contributed by atoms with E-state index in [1.54, 1.807) is 18.2 Å². The van der Waals surface area contributed by atoms with Gasteiger partial charge in [0.15, 0.2) is 9.84 Å². The normalized spacial score (nSPS) is 16.7. The molecule has 0 aliphatic rings. The average molecular weight is 282 g/mol. The molecule has 7 heteroatoms. The largest absolute Gasteiger partial charge is 0.395 e. The van der Waals surface area contributed by atoms with Crippen LogP contribution in [0.4, 0.5) is 0 Å². The fourth-order valence-electron chi connectivity index (χ4n) is 1.50. The Balaban J connectivity index is 0.00000256. The number of nitrogens with two attached hydrogens (primary N) is 1. The van der Waals surface area contributed by atoms with Crippen LogP contribution in [0, 0.1) is 0 Å². The van der Waals surface area contributed by atoms with Crippen molar-refractivity contribution in [1.29, 1.82) is 0 Å². The zero-order valence-electron chi connectivity index (χ0n) is 9.28. The number of hydrogen-bond donors (Lipinski definition) is 3. The lowest BCUT2D eigenvalue weighted by atomic mass is 10.0. The first kappa shape index (κ1) is 16.3. The first-order valence-corrected chi connectivity index (χ1v) is 6.57. The monoisotopic (exact) mass is 281 g/mol. The van der Waals surface area contributed by atoms with Gasteiger partial charge in [-0.1, -0.05) is 30.3 Å². The second kappa shape index (κ2) is 5.79. The molecule has 0 saturated carbocycles. The molecule has 0 bridgehead atoms. The van der Waals surface area contributed by atoms with E-state index in [1.165, 1.54) is 12.1 Å². The maximum atomic E-state index is 11.6. The Bertz CT molecular complexity index is 451. The van der Waals surface area contributed by atoms with Gasteiger partial charge >= 0.3 is 0 Å². The molecule has 17 heavy (non-hydrogen) atoms. The number of aliphatic hydroxyl groups excluding tert-OH is 1. The molecule has 0 radical (unpaired) electrons. The summed E-state index contributed by atoms with van der Waals surface area (Å²) in [4.78, 5) is -2.26. The lowest BCUT2D eigenvalue weighted by Gasteiger charge is -2.31. The SMILES string of the molecule is CS(=O)(=O)C(O)(c1ccccc1)C(N)CO.Cl. The summed E-state index contributed by atoms with van der Waals surface area (Å²) in [7, 11) is -3.86. The number of benzene rings is 1. The zero-order chi connectivity index (χ0) is 12.4. The number of aliphatic hydroxyl groups is 2. The Morgan fingerprint density at radius 2 is 1.82 bits per heavy atom. The third-order valence-corrected chi connectivity index (χ3v) is 4.12. The first-order valence-electron chi connectivity index (χ1n) is 4.68. The third kappa shape index (κ3) is 2.97. The van der Waals surface area contributed by atoms with Crippen LogP contribution in [0.15, 0.2) is 30.3 Å². The highest BCUT2D eigenvalue weighted by Gasteiger charge is 2.45. The Kier molecular flexibility index (Phi) is 5.57. The van der Waals surface area contributed by atoms with Crippen molar-refractivity contribution in [3.8, 4) is 0 Å². The van der Waals surface area contributed by atoms with Gasteiger partial charge < -0.3 is 15.9 Å². The van der Waals surface area contributed by atoms with Gasteiger partial charge in [-0.2, -0.15) is 0 Å². The van der Waals surface area contributed by atoms with Gasteiger partial charge in [-0.25, -0.2) is 8.42 Å². The molecule has 0 heterocycles. The number of sulfone groups is 1. The van der Waals surface area contributed by atoms with Crippen molar-refractivity contribution in [1.82, 2.24) is 0 Å². The molecule has 1 aromatic carbocycles. The van der Waals surface area contributed by atoms with Gasteiger partial charge in [0, 0.05) is 11.8 Å². The van der Waals surface area contributed by atoms with E-state index >= 15 is 0 Å². The summed E-state index contributed by atoms with van der Waals surface area (Å²) in [5, 5.41) is 19.2. The van der Waals surface area contributed by atoms with Crippen molar-refractivity contribution in [3.05, 3.63) is 35.9 Å². The highest BCUT2D eigenvalue weighted by atomic mass is 35.5. The van der Waals surface area contributed by atoms with Crippen LogP contribution in [0.2, 0.25) is 0 Å². The fourth-order valence-corrected chi connectivity index (χ4v) is 2.69. The smallest absolute Gasteiger partial charge is 0.208 e. The van der Waals surface area contributed by atoms with E-state index in [2.05, 4.69) is 0 Å². The van der Waals surface area contributed by atoms with E-state index in [9.17, 15) is 13.5 Å². The molecule has 2 atom stereocenters. The van der Waals surface area contributed by atoms with Crippen LogP contribution < -0.4 is 5.73 Å². The van der Waals surface area contributed by atoms with Crippen LogP contribution in [0.1, 0.15) is 5.56 Å². The second-order valence-electron chi connectivity index (χ2n) is 3.62. The number of rotatable bonds is 4. The van der Waals surface area contributed by atoms with Crippen LogP contribution in [0.5, 0.6) is 0 Å². The van der Waals surface area contributed by atoms with Crippen molar-refractivity contribution in [2.24, 2.45) is 5.73 Å². The van der Waals surface area contributed by atoms with E-state index in [-0.39, 0.29) is 18.0 Å². The molecule has 5 nitrogen and oxygen atoms in total. The summed E-state index contributed by atoms with van der Waals surface area (Å²) < 4.78 is 23.2. The first-order chi connectivity index (χ1) is 7.34. The highest BCUT2D eigenvalue weighted by Crippen LogP contribution is 2.29. The van der Waals surface area contributed by atoms with Crippen LogP contribution in [-0.2, 0) is 14.8 Å². The molecular formula is C10H16ClNO4S. The van der Waals surface area contributed by atoms with Crippen LogP contribution in [0.3, 0.4) is 0 Å². The van der Waals surface area contributed by atoms with Gasteiger partial charge in [0.25, 0.3) is 0 Å². The van der Waals surface area contributed by atoms with Gasteiger partial charge in [-0.3, -0.25) is 0 Å². The summed E-state index contributed by atoms with van der Waals surface area (Å²) in [6.45, 7) is -0.627. The summed E-state index contributed by atoms with van der Waals surface area (Å²) in [5.74, 6) is 0. The van der Waals surface area contributed by atoms with E-state index < -0.39 is 27.4 Å². The molecule has 98 valence electrons. The Morgan fingerprint density at radius 1 is 1.35 bits per heavy atom. The Labute approximate surface area is 107 Å². The molecule has 4 N–H and O–H groups in total. The van der Waals surface area contributed by atoms with Gasteiger partial charge in [-0.15, -0.1) is 12.4 Å². The number of halogens is 1. The molecular weight excluding hydrogens is 266 g/mol. The van der Waals surface area contributed by atoms with Gasteiger partial charge in [0.2, 0.25) is 4.93 Å². The van der Waals surface area contributed by atoms with E-state index in [0.717, 1.165) is 6.26 Å². The van der Waals surface area contributed by atoms with Crippen LogP contribution in [-0.4, -0.2) is 37.5 Å². The summed E-state index contributed by atoms with van der Waals surface area (Å²) >= 11 is 0. The molecule has 0 fully saturated rings. The van der Waals surface area contributed by atoms with Crippen molar-refractivity contribution in [2.75, 3.05) is 12.9 Å². The molecule has 1 rings (SSSR count). The Hall–Kier alpha value is -0.660. The Morgan fingerprint density at radius 3 is 2.18 bits per heavy atom. The summed E-state index contributed by atoms with van der Waals surface area (Å²) in [6, 6.07) is 6.50. The molecule has 0 aliphatic carbocycles. The predicted molar refractivity (Wildman–Crippen MR) is 67.5 cm³/mol. The maximum Gasteiger partial charge on any atom is 0.208 e. The minimum atomic E-state index is -3.86. The lowest BCUT2D eigenvalue weighted by Crippen LogP contribution is -2.52. The highest BCUT2D eigenvalue weighted by molar-refractivity contribution is 7.91. The molecule has 1 aromatic rings. The second-order valence-corrected chi connectivity index (χ2v) is 5.79. The van der Waals surface area contributed by atoms with Crippen LogP contribution in [0.25, 0.3) is 0 Å². The van der Waals surface area contributed by atoms with Crippen molar-refractivity contribution < 1.29 is 18.6 Å². The molecule has 0 amide bonds. The molecule has 0 aliphatic heterocycles. The summed E-state index contributed by atoms with van der Waals surface area (Å²) in [5.41, 5.74) is 5.64. The molecule has 0 spiro atoms.